The number of hydrogen-bond acceptors (Lipinski definition) is 5. The zero-order valence-electron chi connectivity index (χ0n) is 24.2. The summed E-state index contributed by atoms with van der Waals surface area (Å²) in [5, 5.41) is 0. The van der Waals surface area contributed by atoms with Gasteiger partial charge in [0, 0.05) is 31.6 Å². The molecular weight excluding hydrogens is 511 g/mol. The molecule has 0 aromatic heterocycles. The van der Waals surface area contributed by atoms with Crippen LogP contribution in [0.25, 0.3) is 0 Å². The molecule has 8 heteroatoms. The molecule has 1 atom stereocenters. The summed E-state index contributed by atoms with van der Waals surface area (Å²) in [6, 6.07) is 14.4. The van der Waals surface area contributed by atoms with E-state index in [4.69, 9.17) is 14.2 Å². The molecule has 40 heavy (non-hydrogen) atoms. The molecular formula is C32H43FN2O5. The van der Waals surface area contributed by atoms with Crippen LogP contribution in [0.3, 0.4) is 0 Å². The van der Waals surface area contributed by atoms with Crippen LogP contribution in [-0.4, -0.2) is 65.9 Å². The number of aryl methyl sites for hydroxylation is 1. The fraction of sp³-hybridized carbons (Fsp3) is 0.562. The van der Waals surface area contributed by atoms with Crippen molar-refractivity contribution in [1.29, 1.82) is 0 Å². The van der Waals surface area contributed by atoms with Gasteiger partial charge in [-0.15, -0.1) is 0 Å². The molecule has 2 amide bonds. The second kappa shape index (κ2) is 13.6. The average Bonchev–Trinajstić information content (AvgIpc) is 2.92. The molecule has 0 spiro atoms. The van der Waals surface area contributed by atoms with Gasteiger partial charge in [-0.25, -0.2) is 9.18 Å². The van der Waals surface area contributed by atoms with E-state index in [1.165, 1.54) is 17.7 Å². The Kier molecular flexibility index (Phi) is 10.2. The van der Waals surface area contributed by atoms with Crippen molar-refractivity contribution in [3.63, 3.8) is 0 Å². The first-order valence-electron chi connectivity index (χ1n) is 14.3. The third-order valence-electron chi connectivity index (χ3n) is 7.49. The van der Waals surface area contributed by atoms with Crippen LogP contribution in [0.15, 0.2) is 48.5 Å². The summed E-state index contributed by atoms with van der Waals surface area (Å²) >= 11 is 0. The highest BCUT2D eigenvalue weighted by molar-refractivity contribution is 5.79. The zero-order chi connectivity index (χ0) is 28.7. The van der Waals surface area contributed by atoms with Crippen LogP contribution in [0.4, 0.5) is 9.18 Å². The maximum Gasteiger partial charge on any atom is 0.410 e. The number of hydrogen-bond donors (Lipinski definition) is 0. The number of benzene rings is 2. The second-order valence-electron chi connectivity index (χ2n) is 12.0. The summed E-state index contributed by atoms with van der Waals surface area (Å²) in [6.07, 6.45) is 2.32. The molecule has 2 aliphatic rings. The van der Waals surface area contributed by atoms with Gasteiger partial charge in [-0.05, 0) is 76.6 Å². The lowest BCUT2D eigenvalue weighted by Gasteiger charge is -2.39. The molecule has 0 radical (unpaired) electrons. The topological polar surface area (TPSA) is 68.3 Å². The summed E-state index contributed by atoms with van der Waals surface area (Å²) in [5.41, 5.74) is 2.54. The Balaban J connectivity index is 1.29. The molecule has 1 saturated heterocycles. The first-order chi connectivity index (χ1) is 19.1. The molecule has 1 saturated carbocycles. The third kappa shape index (κ3) is 8.77. The van der Waals surface area contributed by atoms with Crippen molar-refractivity contribution < 1.29 is 28.2 Å². The van der Waals surface area contributed by atoms with Crippen molar-refractivity contribution in [2.45, 2.75) is 84.3 Å². The lowest BCUT2D eigenvalue weighted by molar-refractivity contribution is -0.147. The number of nitrogens with zero attached hydrogens (tertiary/aromatic N) is 2. The van der Waals surface area contributed by atoms with Gasteiger partial charge in [0.1, 0.15) is 11.4 Å². The number of ether oxygens (including phenoxy) is 3. The maximum absolute atomic E-state index is 13.4. The average molecular weight is 555 g/mol. The summed E-state index contributed by atoms with van der Waals surface area (Å²) in [6.45, 7) is 10.5. The van der Waals surface area contributed by atoms with E-state index >= 15 is 0 Å². The van der Waals surface area contributed by atoms with Gasteiger partial charge < -0.3 is 24.0 Å². The number of halogens is 1. The number of rotatable bonds is 8. The van der Waals surface area contributed by atoms with Crippen molar-refractivity contribution >= 4 is 12.0 Å². The molecule has 0 unspecified atom stereocenters. The molecule has 2 aromatic rings. The second-order valence-corrected chi connectivity index (χ2v) is 12.0. The minimum atomic E-state index is -0.623. The Bertz CT molecular complexity index is 1120. The molecule has 1 aliphatic heterocycles. The van der Waals surface area contributed by atoms with Gasteiger partial charge in [0.15, 0.2) is 0 Å². The Labute approximate surface area is 237 Å². The first-order valence-corrected chi connectivity index (χ1v) is 14.3. The van der Waals surface area contributed by atoms with Crippen LogP contribution in [-0.2, 0) is 32.2 Å². The zero-order valence-corrected chi connectivity index (χ0v) is 24.2. The van der Waals surface area contributed by atoms with E-state index in [0.717, 1.165) is 11.1 Å². The van der Waals surface area contributed by atoms with Crippen LogP contribution in [0.5, 0.6) is 0 Å². The number of morpholine rings is 1. The highest BCUT2D eigenvalue weighted by Gasteiger charge is 2.36. The monoisotopic (exact) mass is 554 g/mol. The van der Waals surface area contributed by atoms with E-state index in [0.29, 0.717) is 65.1 Å². The van der Waals surface area contributed by atoms with Gasteiger partial charge in [0.25, 0.3) is 0 Å². The molecule has 2 aromatic carbocycles. The van der Waals surface area contributed by atoms with Crippen LogP contribution < -0.4 is 0 Å². The molecule has 0 bridgehead atoms. The van der Waals surface area contributed by atoms with Gasteiger partial charge in [-0.1, -0.05) is 42.0 Å². The molecule has 1 aliphatic carbocycles. The van der Waals surface area contributed by atoms with Crippen LogP contribution >= 0.6 is 0 Å². The molecule has 0 N–H and O–H groups in total. The summed E-state index contributed by atoms with van der Waals surface area (Å²) in [7, 11) is 0. The number of carbonyl (C=O) groups is 2. The van der Waals surface area contributed by atoms with Crippen LogP contribution in [0, 0.1) is 18.7 Å². The minimum absolute atomic E-state index is 0.0450. The quantitative estimate of drug-likeness (QED) is 0.408. The molecule has 1 heterocycles. The number of amides is 2. The Morgan fingerprint density at radius 3 is 2.45 bits per heavy atom. The van der Waals surface area contributed by atoms with E-state index in [1.807, 2.05) is 37.8 Å². The molecule has 7 nitrogen and oxygen atoms in total. The van der Waals surface area contributed by atoms with Gasteiger partial charge in [0.2, 0.25) is 5.91 Å². The molecule has 2 fully saturated rings. The fourth-order valence-corrected chi connectivity index (χ4v) is 5.47. The summed E-state index contributed by atoms with van der Waals surface area (Å²) < 4.78 is 30.9. The minimum Gasteiger partial charge on any atom is -0.444 e. The van der Waals surface area contributed by atoms with E-state index in [1.54, 1.807) is 17.0 Å². The predicted molar refractivity (Wildman–Crippen MR) is 151 cm³/mol. The third-order valence-corrected chi connectivity index (χ3v) is 7.49. The van der Waals surface area contributed by atoms with Crippen molar-refractivity contribution in [2.24, 2.45) is 5.92 Å². The summed E-state index contributed by atoms with van der Waals surface area (Å²) in [4.78, 5) is 30.3. The largest absolute Gasteiger partial charge is 0.444 e. The normalized spacial score (nSPS) is 21.6. The Morgan fingerprint density at radius 1 is 1.05 bits per heavy atom. The highest BCUT2D eigenvalue weighted by atomic mass is 19.1. The predicted octanol–water partition coefficient (Wildman–Crippen LogP) is 5.87. The van der Waals surface area contributed by atoms with Crippen molar-refractivity contribution in [3.05, 3.63) is 71.0 Å². The Hall–Kier alpha value is -2.97. The number of carbonyl (C=O) groups excluding carboxylic acids is 2. The van der Waals surface area contributed by atoms with E-state index in [2.05, 4.69) is 19.1 Å². The smallest absolute Gasteiger partial charge is 0.410 e. The lowest BCUT2D eigenvalue weighted by Crippen LogP contribution is -2.50. The summed E-state index contributed by atoms with van der Waals surface area (Å²) in [5.74, 6) is -0.225. The van der Waals surface area contributed by atoms with Crippen molar-refractivity contribution in [2.75, 3.05) is 26.3 Å². The van der Waals surface area contributed by atoms with Crippen molar-refractivity contribution in [3.8, 4) is 0 Å². The van der Waals surface area contributed by atoms with Crippen molar-refractivity contribution in [1.82, 2.24) is 9.80 Å². The van der Waals surface area contributed by atoms with Gasteiger partial charge in [0.05, 0.1) is 25.9 Å². The SMILES string of the molecule is Cc1cccc(COC[C@@H]2CN(C(=O)C3CCC(N(Cc4ccc(F)cc4)C(=O)OC(C)(C)C)CC3)CCO2)c1. The lowest BCUT2D eigenvalue weighted by atomic mass is 9.84. The molecule has 4 rings (SSSR count). The van der Waals surface area contributed by atoms with E-state index in [-0.39, 0.29) is 35.9 Å². The van der Waals surface area contributed by atoms with Crippen LogP contribution in [0.1, 0.15) is 63.1 Å². The van der Waals surface area contributed by atoms with Gasteiger partial charge >= 0.3 is 6.09 Å². The van der Waals surface area contributed by atoms with E-state index in [9.17, 15) is 14.0 Å². The van der Waals surface area contributed by atoms with Gasteiger partial charge in [-0.2, -0.15) is 0 Å². The fourth-order valence-electron chi connectivity index (χ4n) is 5.47. The van der Waals surface area contributed by atoms with E-state index < -0.39 is 5.60 Å². The maximum atomic E-state index is 13.4. The first kappa shape index (κ1) is 30.0. The standard InChI is InChI=1S/C32H43FN2O5/c1-23-6-5-7-25(18-23)21-38-22-29-20-34(16-17-39-29)30(36)26-10-14-28(15-11-26)35(31(37)40-32(2,3)4)19-24-8-12-27(33)13-9-24/h5-9,12-13,18,26,28-29H,10-11,14-17,19-22H2,1-4H3/t26?,28?,29-/m0/s1. The van der Waals surface area contributed by atoms with Gasteiger partial charge in [-0.3, -0.25) is 4.79 Å². The molecule has 218 valence electrons. The highest BCUT2D eigenvalue weighted by Crippen LogP contribution is 2.31. The Morgan fingerprint density at radius 2 is 1.77 bits per heavy atom. The van der Waals surface area contributed by atoms with Crippen LogP contribution in [0.2, 0.25) is 0 Å².